The number of nitrogens with one attached hydrogen (secondary N) is 1. The minimum absolute atomic E-state index is 0.116. The van der Waals surface area contributed by atoms with Crippen LogP contribution in [0.3, 0.4) is 0 Å². The Morgan fingerprint density at radius 1 is 1.28 bits per heavy atom. The molecular formula is C20H24FN3O. The number of likely N-dealkylation sites (tertiary alicyclic amines) is 1. The zero-order chi connectivity index (χ0) is 17.5. The van der Waals surface area contributed by atoms with Gasteiger partial charge in [-0.05, 0) is 55.5 Å². The maximum absolute atomic E-state index is 13.6. The van der Waals surface area contributed by atoms with Crippen LogP contribution in [0.1, 0.15) is 31.2 Å². The van der Waals surface area contributed by atoms with Crippen molar-refractivity contribution in [1.29, 1.82) is 0 Å². The molecule has 1 amide bonds. The fourth-order valence-corrected chi connectivity index (χ4v) is 3.39. The van der Waals surface area contributed by atoms with E-state index in [0.717, 1.165) is 38.9 Å². The highest BCUT2D eigenvalue weighted by atomic mass is 19.1. The molecule has 1 aliphatic rings. The Labute approximate surface area is 148 Å². The Morgan fingerprint density at radius 3 is 2.96 bits per heavy atom. The third-order valence-electron chi connectivity index (χ3n) is 4.66. The molecule has 1 atom stereocenters. The molecule has 0 spiro atoms. The van der Waals surface area contributed by atoms with Crippen LogP contribution in [0.2, 0.25) is 0 Å². The molecule has 25 heavy (non-hydrogen) atoms. The van der Waals surface area contributed by atoms with E-state index in [1.165, 1.54) is 11.6 Å². The summed E-state index contributed by atoms with van der Waals surface area (Å²) in [5.74, 6) is 0.00226. The molecule has 1 saturated heterocycles. The van der Waals surface area contributed by atoms with Gasteiger partial charge in [-0.2, -0.15) is 0 Å². The lowest BCUT2D eigenvalue weighted by Crippen LogP contribution is -2.35. The van der Waals surface area contributed by atoms with Crippen molar-refractivity contribution in [3.63, 3.8) is 0 Å². The van der Waals surface area contributed by atoms with Crippen LogP contribution in [-0.4, -0.2) is 28.9 Å². The van der Waals surface area contributed by atoms with Crippen LogP contribution in [0.4, 0.5) is 10.1 Å². The number of anilines is 1. The second-order valence-electron chi connectivity index (χ2n) is 6.67. The van der Waals surface area contributed by atoms with E-state index in [0.29, 0.717) is 12.3 Å². The Hall–Kier alpha value is -2.27. The number of hydrogen-bond acceptors (Lipinski definition) is 3. The average molecular weight is 341 g/mol. The minimum atomic E-state index is -0.392. The number of rotatable bonds is 6. The second-order valence-corrected chi connectivity index (χ2v) is 6.67. The maximum Gasteiger partial charge on any atom is 0.224 e. The number of halogens is 1. The summed E-state index contributed by atoms with van der Waals surface area (Å²) in [7, 11) is 0. The SMILES string of the molecule is O=C(CC[C@@H]1CCCN(Cc2cccnc2)C1)Nc1ccccc1F. The number of piperidine rings is 1. The average Bonchev–Trinajstić information content (AvgIpc) is 2.63. The number of nitrogens with zero attached hydrogens (tertiary/aromatic N) is 2. The Kier molecular flexibility index (Phi) is 6.12. The summed E-state index contributed by atoms with van der Waals surface area (Å²) in [5, 5.41) is 2.67. The first-order valence-corrected chi connectivity index (χ1v) is 8.86. The molecule has 132 valence electrons. The van der Waals surface area contributed by atoms with Crippen LogP contribution in [-0.2, 0) is 11.3 Å². The molecule has 4 nitrogen and oxygen atoms in total. The largest absolute Gasteiger partial charge is 0.324 e. The number of pyridine rings is 1. The summed E-state index contributed by atoms with van der Waals surface area (Å²) in [6, 6.07) is 10.3. The molecule has 5 heteroatoms. The summed E-state index contributed by atoms with van der Waals surface area (Å²) in [4.78, 5) is 18.7. The van der Waals surface area contributed by atoms with Crippen LogP contribution in [0.15, 0.2) is 48.8 Å². The molecule has 1 aromatic heterocycles. The monoisotopic (exact) mass is 341 g/mol. The van der Waals surface area contributed by atoms with Crippen LogP contribution < -0.4 is 5.32 Å². The van der Waals surface area contributed by atoms with Gasteiger partial charge in [0, 0.05) is 31.9 Å². The van der Waals surface area contributed by atoms with Crippen molar-refractivity contribution in [3.8, 4) is 0 Å². The lowest BCUT2D eigenvalue weighted by molar-refractivity contribution is -0.116. The standard InChI is InChI=1S/C20H24FN3O/c21-18-7-1-2-8-19(18)23-20(25)10-9-16-6-4-12-24(14-16)15-17-5-3-11-22-13-17/h1-3,5,7-8,11,13,16H,4,6,9-10,12,14-15H2,(H,23,25)/t16-/m0/s1. The summed E-state index contributed by atoms with van der Waals surface area (Å²) < 4.78 is 13.6. The van der Waals surface area contributed by atoms with Crippen molar-refractivity contribution in [2.75, 3.05) is 18.4 Å². The van der Waals surface area contributed by atoms with Gasteiger partial charge in [0.05, 0.1) is 5.69 Å². The third kappa shape index (κ3) is 5.36. The molecule has 1 fully saturated rings. The highest BCUT2D eigenvalue weighted by Gasteiger charge is 2.21. The second kappa shape index (κ2) is 8.72. The molecule has 1 aromatic carbocycles. The molecular weight excluding hydrogens is 317 g/mol. The van der Waals surface area contributed by atoms with Crippen molar-refractivity contribution in [2.24, 2.45) is 5.92 Å². The van der Waals surface area contributed by atoms with E-state index in [9.17, 15) is 9.18 Å². The molecule has 0 unspecified atom stereocenters. The first kappa shape index (κ1) is 17.5. The molecule has 2 heterocycles. The van der Waals surface area contributed by atoms with Crippen LogP contribution in [0, 0.1) is 11.7 Å². The minimum Gasteiger partial charge on any atom is -0.324 e. The highest BCUT2D eigenvalue weighted by molar-refractivity contribution is 5.90. The number of para-hydroxylation sites is 1. The third-order valence-corrected chi connectivity index (χ3v) is 4.66. The normalized spacial score (nSPS) is 18.0. The number of carbonyl (C=O) groups excluding carboxylic acids is 1. The van der Waals surface area contributed by atoms with Gasteiger partial charge >= 0.3 is 0 Å². The van der Waals surface area contributed by atoms with E-state index in [-0.39, 0.29) is 11.6 Å². The lowest BCUT2D eigenvalue weighted by atomic mass is 9.93. The van der Waals surface area contributed by atoms with Gasteiger partial charge in [0.1, 0.15) is 5.82 Å². The first-order valence-electron chi connectivity index (χ1n) is 8.86. The number of benzene rings is 1. The summed E-state index contributed by atoms with van der Waals surface area (Å²) in [5.41, 5.74) is 1.48. The van der Waals surface area contributed by atoms with E-state index in [4.69, 9.17) is 0 Å². The van der Waals surface area contributed by atoms with E-state index in [2.05, 4.69) is 21.3 Å². The van der Waals surface area contributed by atoms with Gasteiger partial charge < -0.3 is 5.32 Å². The molecule has 0 radical (unpaired) electrons. The van der Waals surface area contributed by atoms with Gasteiger partial charge in [0.25, 0.3) is 0 Å². The molecule has 2 aromatic rings. The fourth-order valence-electron chi connectivity index (χ4n) is 3.39. The smallest absolute Gasteiger partial charge is 0.224 e. The topological polar surface area (TPSA) is 45.2 Å². The summed E-state index contributed by atoms with van der Waals surface area (Å²) >= 11 is 0. The number of aromatic nitrogens is 1. The van der Waals surface area contributed by atoms with E-state index in [1.807, 2.05) is 12.3 Å². The molecule has 0 bridgehead atoms. The fraction of sp³-hybridized carbons (Fsp3) is 0.400. The van der Waals surface area contributed by atoms with Crippen LogP contribution in [0.5, 0.6) is 0 Å². The van der Waals surface area contributed by atoms with E-state index in [1.54, 1.807) is 24.4 Å². The molecule has 1 aliphatic heterocycles. The van der Waals surface area contributed by atoms with Gasteiger partial charge in [0.2, 0.25) is 5.91 Å². The lowest BCUT2D eigenvalue weighted by Gasteiger charge is -2.32. The predicted molar refractivity (Wildman–Crippen MR) is 96.5 cm³/mol. The van der Waals surface area contributed by atoms with Crippen LogP contribution >= 0.6 is 0 Å². The summed E-state index contributed by atoms with van der Waals surface area (Å²) in [6.45, 7) is 3.00. The Morgan fingerprint density at radius 2 is 2.16 bits per heavy atom. The van der Waals surface area contributed by atoms with Gasteiger partial charge in [-0.3, -0.25) is 14.7 Å². The van der Waals surface area contributed by atoms with Crippen molar-refractivity contribution < 1.29 is 9.18 Å². The Bertz CT molecular complexity index is 692. The van der Waals surface area contributed by atoms with Crippen molar-refractivity contribution in [2.45, 2.75) is 32.2 Å². The number of amides is 1. The zero-order valence-electron chi connectivity index (χ0n) is 14.3. The van der Waals surface area contributed by atoms with Crippen molar-refractivity contribution >= 4 is 11.6 Å². The summed E-state index contributed by atoms with van der Waals surface area (Å²) in [6.07, 6.45) is 7.27. The highest BCUT2D eigenvalue weighted by Crippen LogP contribution is 2.23. The maximum atomic E-state index is 13.6. The van der Waals surface area contributed by atoms with Crippen LogP contribution in [0.25, 0.3) is 0 Å². The van der Waals surface area contributed by atoms with Gasteiger partial charge in [-0.1, -0.05) is 18.2 Å². The molecule has 0 aliphatic carbocycles. The van der Waals surface area contributed by atoms with Gasteiger partial charge in [-0.15, -0.1) is 0 Å². The Balaban J connectivity index is 1.45. The first-order chi connectivity index (χ1) is 12.2. The quantitative estimate of drug-likeness (QED) is 0.868. The van der Waals surface area contributed by atoms with E-state index >= 15 is 0 Å². The number of carbonyl (C=O) groups is 1. The van der Waals surface area contributed by atoms with Crippen molar-refractivity contribution in [3.05, 3.63) is 60.2 Å². The zero-order valence-corrected chi connectivity index (χ0v) is 14.3. The molecule has 1 N–H and O–H groups in total. The predicted octanol–water partition coefficient (Wildman–Crippen LogP) is 3.85. The van der Waals surface area contributed by atoms with Gasteiger partial charge in [-0.25, -0.2) is 4.39 Å². The number of hydrogen-bond donors (Lipinski definition) is 1. The molecule has 0 saturated carbocycles. The molecule has 3 rings (SSSR count). The van der Waals surface area contributed by atoms with Gasteiger partial charge in [0.15, 0.2) is 0 Å². The van der Waals surface area contributed by atoms with E-state index < -0.39 is 5.82 Å². The van der Waals surface area contributed by atoms with Crippen molar-refractivity contribution in [1.82, 2.24) is 9.88 Å².